The summed E-state index contributed by atoms with van der Waals surface area (Å²) >= 11 is 0. The zero-order valence-corrected chi connectivity index (χ0v) is 4.96. The maximum atomic E-state index is 10.3. The fraction of sp³-hybridized carbons (Fsp3) is 0. The Hall–Kier alpha value is -1.76. The fourth-order valence-corrected chi connectivity index (χ4v) is 0.633. The molecule has 4 heteroatoms. The van der Waals surface area contributed by atoms with Gasteiger partial charge >= 0.3 is 5.97 Å². The Labute approximate surface area is 56.7 Å². The first-order valence-corrected chi connectivity index (χ1v) is 2.56. The minimum atomic E-state index is -1.09. The van der Waals surface area contributed by atoms with Gasteiger partial charge in [-0.3, -0.25) is 0 Å². The van der Waals surface area contributed by atoms with Gasteiger partial charge in [0.25, 0.3) is 0 Å². The average molecular weight is 136 g/mol. The number of aromatic amines is 1. The molecule has 10 heavy (non-hydrogen) atoms. The number of nitrogens with zero attached hydrogens (tertiary/aromatic N) is 1. The second kappa shape index (κ2) is 2.23. The number of aromatic nitrogens is 1. The Morgan fingerprint density at radius 1 is 1.70 bits per heavy atom. The van der Waals surface area contributed by atoms with Gasteiger partial charge in [-0.15, -0.1) is 0 Å². The van der Waals surface area contributed by atoms with Gasteiger partial charge < -0.3 is 10.1 Å². The number of carbonyl (C=O) groups is 1. The van der Waals surface area contributed by atoms with Gasteiger partial charge in [-0.2, -0.15) is 5.26 Å². The number of hydrogen-bond donors (Lipinski definition) is 2. The summed E-state index contributed by atoms with van der Waals surface area (Å²) in [4.78, 5) is 12.8. The highest BCUT2D eigenvalue weighted by Crippen LogP contribution is 2.04. The quantitative estimate of drug-likeness (QED) is 0.592. The smallest absolute Gasteiger partial charge is 0.338 e. The Morgan fingerprint density at radius 2 is 2.40 bits per heavy atom. The fourth-order valence-electron chi connectivity index (χ4n) is 0.633. The van der Waals surface area contributed by atoms with Gasteiger partial charge in [-0.25, -0.2) is 4.79 Å². The van der Waals surface area contributed by atoms with Crippen LogP contribution in [-0.4, -0.2) is 16.1 Å². The molecular weight excluding hydrogens is 132 g/mol. The van der Waals surface area contributed by atoms with Crippen molar-refractivity contribution in [1.29, 1.82) is 5.26 Å². The van der Waals surface area contributed by atoms with Crippen molar-refractivity contribution in [3.8, 4) is 6.07 Å². The maximum Gasteiger partial charge on any atom is 0.338 e. The normalized spacial score (nSPS) is 8.70. The van der Waals surface area contributed by atoms with E-state index in [0.29, 0.717) is 0 Å². The summed E-state index contributed by atoms with van der Waals surface area (Å²) in [6, 6.07) is 1.74. The molecule has 50 valence electrons. The van der Waals surface area contributed by atoms with Crippen LogP contribution in [0.25, 0.3) is 0 Å². The molecule has 0 fully saturated rings. The second-order valence-corrected chi connectivity index (χ2v) is 1.70. The van der Waals surface area contributed by atoms with E-state index >= 15 is 0 Å². The zero-order chi connectivity index (χ0) is 7.56. The van der Waals surface area contributed by atoms with Crippen molar-refractivity contribution >= 4 is 5.97 Å². The van der Waals surface area contributed by atoms with Crippen molar-refractivity contribution in [3.63, 3.8) is 0 Å². The van der Waals surface area contributed by atoms with Crippen LogP contribution >= 0.6 is 0 Å². The number of H-pyrrole nitrogens is 1. The molecule has 1 heterocycles. The van der Waals surface area contributed by atoms with Crippen LogP contribution in [0.1, 0.15) is 15.9 Å². The molecule has 0 aliphatic rings. The molecule has 0 saturated carbocycles. The lowest BCUT2D eigenvalue weighted by atomic mass is 10.2. The molecule has 2 N–H and O–H groups in total. The van der Waals surface area contributed by atoms with Gasteiger partial charge in [0.1, 0.15) is 6.07 Å². The van der Waals surface area contributed by atoms with Crippen LogP contribution in [0.4, 0.5) is 0 Å². The van der Waals surface area contributed by atoms with E-state index in [9.17, 15) is 4.79 Å². The summed E-state index contributed by atoms with van der Waals surface area (Å²) in [6.07, 6.45) is 2.63. The lowest BCUT2D eigenvalue weighted by Crippen LogP contribution is -1.95. The van der Waals surface area contributed by atoms with E-state index in [1.54, 1.807) is 6.07 Å². The highest BCUT2D eigenvalue weighted by molar-refractivity contribution is 5.90. The minimum Gasteiger partial charge on any atom is -0.478 e. The average Bonchev–Trinajstić information content (AvgIpc) is 2.33. The minimum absolute atomic E-state index is 0.0162. The summed E-state index contributed by atoms with van der Waals surface area (Å²) < 4.78 is 0. The molecule has 1 rings (SSSR count). The van der Waals surface area contributed by atoms with Crippen molar-refractivity contribution < 1.29 is 9.90 Å². The molecule has 0 amide bonds. The lowest BCUT2D eigenvalue weighted by Gasteiger charge is -1.84. The molecule has 0 bridgehead atoms. The van der Waals surface area contributed by atoms with Gasteiger partial charge in [0.05, 0.1) is 11.1 Å². The van der Waals surface area contributed by atoms with Crippen molar-refractivity contribution in [2.45, 2.75) is 0 Å². The maximum absolute atomic E-state index is 10.3. The highest BCUT2D eigenvalue weighted by Gasteiger charge is 2.08. The standard InChI is InChI=1S/C6H4N2O2/c7-1-4-2-8-3-5(4)6(9)10/h2-3,8H,(H,9,10). The number of aromatic carboxylic acids is 1. The van der Waals surface area contributed by atoms with Crippen LogP contribution in [0, 0.1) is 11.3 Å². The van der Waals surface area contributed by atoms with E-state index in [2.05, 4.69) is 4.98 Å². The molecule has 1 aromatic heterocycles. The number of nitriles is 1. The van der Waals surface area contributed by atoms with Crippen LogP contribution in [-0.2, 0) is 0 Å². The SMILES string of the molecule is N#Cc1c[nH]cc1C(=O)O. The molecular formula is C6H4N2O2. The third-order valence-corrected chi connectivity index (χ3v) is 1.10. The first-order chi connectivity index (χ1) is 4.75. The monoisotopic (exact) mass is 136 g/mol. The van der Waals surface area contributed by atoms with Crippen molar-refractivity contribution in [1.82, 2.24) is 4.98 Å². The Balaban J connectivity index is 3.17. The van der Waals surface area contributed by atoms with Crippen LogP contribution in [0.5, 0.6) is 0 Å². The van der Waals surface area contributed by atoms with E-state index in [-0.39, 0.29) is 11.1 Å². The molecule has 0 radical (unpaired) electrons. The first-order valence-electron chi connectivity index (χ1n) is 2.56. The third-order valence-electron chi connectivity index (χ3n) is 1.10. The van der Waals surface area contributed by atoms with Crippen LogP contribution < -0.4 is 0 Å². The third kappa shape index (κ3) is 0.845. The van der Waals surface area contributed by atoms with E-state index in [0.717, 1.165) is 0 Å². The number of nitrogens with one attached hydrogen (secondary N) is 1. The van der Waals surface area contributed by atoms with Gasteiger partial charge in [0, 0.05) is 12.4 Å². The van der Waals surface area contributed by atoms with Gasteiger partial charge in [-0.05, 0) is 0 Å². The van der Waals surface area contributed by atoms with E-state index in [1.807, 2.05) is 0 Å². The Kier molecular flexibility index (Phi) is 1.42. The molecule has 0 spiro atoms. The predicted octanol–water partition coefficient (Wildman–Crippen LogP) is 0.585. The molecule has 0 unspecified atom stereocenters. The summed E-state index contributed by atoms with van der Waals surface area (Å²) in [6.45, 7) is 0. The summed E-state index contributed by atoms with van der Waals surface area (Å²) in [5.74, 6) is -1.09. The molecule has 0 saturated heterocycles. The molecule has 0 aliphatic heterocycles. The Morgan fingerprint density at radius 3 is 2.80 bits per heavy atom. The number of rotatable bonds is 1. The van der Waals surface area contributed by atoms with Crippen LogP contribution in [0.15, 0.2) is 12.4 Å². The Bertz CT molecular complexity index is 295. The van der Waals surface area contributed by atoms with Gasteiger partial charge in [-0.1, -0.05) is 0 Å². The van der Waals surface area contributed by atoms with Crippen molar-refractivity contribution in [2.24, 2.45) is 0 Å². The zero-order valence-electron chi connectivity index (χ0n) is 4.96. The van der Waals surface area contributed by atoms with Crippen LogP contribution in [0.3, 0.4) is 0 Å². The molecule has 4 nitrogen and oxygen atoms in total. The highest BCUT2D eigenvalue weighted by atomic mass is 16.4. The molecule has 1 aromatic rings. The summed E-state index contributed by atoms with van der Waals surface area (Å²) in [5, 5.41) is 16.7. The van der Waals surface area contributed by atoms with Gasteiger partial charge in [0.2, 0.25) is 0 Å². The molecule has 0 atom stereocenters. The first kappa shape index (κ1) is 6.36. The largest absolute Gasteiger partial charge is 0.478 e. The number of carboxylic acid groups (broad SMARTS) is 1. The molecule has 0 aliphatic carbocycles. The van der Waals surface area contributed by atoms with E-state index in [4.69, 9.17) is 10.4 Å². The van der Waals surface area contributed by atoms with Crippen molar-refractivity contribution in [2.75, 3.05) is 0 Å². The second-order valence-electron chi connectivity index (χ2n) is 1.70. The predicted molar refractivity (Wildman–Crippen MR) is 32.5 cm³/mol. The molecule has 0 aromatic carbocycles. The number of carboxylic acids is 1. The summed E-state index contributed by atoms with van der Waals surface area (Å²) in [7, 11) is 0. The van der Waals surface area contributed by atoms with E-state index < -0.39 is 5.97 Å². The van der Waals surface area contributed by atoms with Gasteiger partial charge in [0.15, 0.2) is 0 Å². The summed E-state index contributed by atoms with van der Waals surface area (Å²) in [5.41, 5.74) is 0.176. The topological polar surface area (TPSA) is 76.9 Å². The lowest BCUT2D eigenvalue weighted by molar-refractivity contribution is 0.0697. The van der Waals surface area contributed by atoms with Crippen LogP contribution in [0.2, 0.25) is 0 Å². The number of hydrogen-bond acceptors (Lipinski definition) is 2. The van der Waals surface area contributed by atoms with E-state index in [1.165, 1.54) is 12.4 Å². The van der Waals surface area contributed by atoms with Crippen molar-refractivity contribution in [3.05, 3.63) is 23.5 Å².